The van der Waals surface area contributed by atoms with Crippen LogP contribution >= 0.6 is 0 Å². The maximum absolute atomic E-state index is 11.9. The molecule has 5 N–H and O–H groups in total. The number of sulfonamides is 1. The van der Waals surface area contributed by atoms with Crippen LogP contribution in [0.3, 0.4) is 0 Å². The molecular weight excluding hydrogens is 290 g/mol. The van der Waals surface area contributed by atoms with Gasteiger partial charge in [-0.2, -0.15) is 0 Å². The molecule has 21 heavy (non-hydrogen) atoms. The zero-order chi connectivity index (χ0) is 16.4. The molecular formula is C14H23N3O3S. The first-order chi connectivity index (χ1) is 9.40. The van der Waals surface area contributed by atoms with Crippen molar-refractivity contribution in [2.45, 2.75) is 51.0 Å². The van der Waals surface area contributed by atoms with Crippen LogP contribution in [-0.2, 0) is 14.8 Å². The number of primary sulfonamides is 1. The molecule has 1 aromatic rings. The number of hydrogen-bond donors (Lipinski definition) is 3. The molecule has 0 aliphatic heterocycles. The van der Waals surface area contributed by atoms with Gasteiger partial charge in [0, 0.05) is 17.6 Å². The molecule has 0 spiro atoms. The first-order valence-electron chi connectivity index (χ1n) is 6.63. The molecule has 0 aliphatic rings. The van der Waals surface area contributed by atoms with Crippen LogP contribution in [0.2, 0.25) is 0 Å². The van der Waals surface area contributed by atoms with Crippen molar-refractivity contribution in [3.05, 3.63) is 23.3 Å². The highest BCUT2D eigenvalue weighted by molar-refractivity contribution is 7.89. The monoisotopic (exact) mass is 313 g/mol. The van der Waals surface area contributed by atoms with E-state index in [0.29, 0.717) is 12.1 Å². The zero-order valence-electron chi connectivity index (χ0n) is 12.9. The van der Waals surface area contributed by atoms with E-state index in [4.69, 9.17) is 10.9 Å². The summed E-state index contributed by atoms with van der Waals surface area (Å²) in [6.07, 6.45) is 0.799. The maximum atomic E-state index is 11.9. The van der Waals surface area contributed by atoms with Crippen LogP contribution in [-0.4, -0.2) is 19.9 Å². The number of benzene rings is 1. The summed E-state index contributed by atoms with van der Waals surface area (Å²) in [5.41, 5.74) is 7.42. The summed E-state index contributed by atoms with van der Waals surface area (Å²) >= 11 is 0. The van der Waals surface area contributed by atoms with Crippen LogP contribution in [0.5, 0.6) is 0 Å². The molecule has 0 bridgehead atoms. The van der Waals surface area contributed by atoms with Gasteiger partial charge in [0.25, 0.3) is 0 Å². The molecule has 1 amide bonds. The Morgan fingerprint density at radius 1 is 1.29 bits per heavy atom. The average Bonchev–Trinajstić information content (AvgIpc) is 2.30. The number of nitrogens with two attached hydrogens (primary N) is 2. The maximum Gasteiger partial charge on any atom is 0.238 e. The summed E-state index contributed by atoms with van der Waals surface area (Å²) in [5, 5.41) is 7.86. The molecule has 0 heterocycles. The summed E-state index contributed by atoms with van der Waals surface area (Å²) < 4.78 is 22.9. The third-order valence-electron chi connectivity index (χ3n) is 3.24. The van der Waals surface area contributed by atoms with Gasteiger partial charge in [-0.25, -0.2) is 13.6 Å². The number of amides is 1. The van der Waals surface area contributed by atoms with Crippen LogP contribution in [0, 0.1) is 13.8 Å². The smallest absolute Gasteiger partial charge is 0.238 e. The van der Waals surface area contributed by atoms with Gasteiger partial charge in [0.1, 0.15) is 0 Å². The van der Waals surface area contributed by atoms with E-state index in [0.717, 1.165) is 11.1 Å². The lowest BCUT2D eigenvalue weighted by atomic mass is 10.00. The van der Waals surface area contributed by atoms with Crippen molar-refractivity contribution in [3.63, 3.8) is 0 Å². The molecule has 0 aliphatic carbocycles. The minimum absolute atomic E-state index is 0.0138. The van der Waals surface area contributed by atoms with Crippen molar-refractivity contribution < 1.29 is 13.2 Å². The summed E-state index contributed by atoms with van der Waals surface area (Å²) in [6.45, 7) is 7.27. The van der Waals surface area contributed by atoms with Crippen molar-refractivity contribution in [1.82, 2.24) is 0 Å². The fourth-order valence-electron chi connectivity index (χ4n) is 1.77. The Morgan fingerprint density at radius 3 is 2.33 bits per heavy atom. The number of nitrogens with one attached hydrogen (secondary N) is 1. The second kappa shape index (κ2) is 6.13. The van der Waals surface area contributed by atoms with Crippen molar-refractivity contribution in [2.24, 2.45) is 10.9 Å². The molecule has 0 saturated heterocycles. The number of hydrogen-bond acceptors (Lipinski definition) is 4. The lowest BCUT2D eigenvalue weighted by Gasteiger charge is -2.18. The van der Waals surface area contributed by atoms with E-state index in [1.54, 1.807) is 6.92 Å². The Bertz CT molecular complexity index is 646. The summed E-state index contributed by atoms with van der Waals surface area (Å²) in [4.78, 5) is 11.9. The van der Waals surface area contributed by atoms with Gasteiger partial charge in [0.2, 0.25) is 15.9 Å². The quantitative estimate of drug-likeness (QED) is 0.762. The van der Waals surface area contributed by atoms with Gasteiger partial charge in [-0.3, -0.25) is 4.79 Å². The van der Waals surface area contributed by atoms with Gasteiger partial charge in [-0.05, 0) is 57.4 Å². The molecule has 7 heteroatoms. The standard InChI is InChI=1S/C14H23N3O3S/c1-9-7-11(21(16,19)20)8-12(10(9)2)17-13(18)5-6-14(3,4)15/h7-8H,5-6,15H2,1-4H3,(H,17,18)(H2,16,19,20). The second-order valence-corrected chi connectivity index (χ2v) is 7.56. The predicted molar refractivity (Wildman–Crippen MR) is 83.4 cm³/mol. The second-order valence-electron chi connectivity index (χ2n) is 5.99. The largest absolute Gasteiger partial charge is 0.326 e. The summed E-state index contributed by atoms with van der Waals surface area (Å²) in [5.74, 6) is -0.206. The Labute approximate surface area is 126 Å². The summed E-state index contributed by atoms with van der Waals surface area (Å²) in [7, 11) is -3.81. The van der Waals surface area contributed by atoms with E-state index in [1.165, 1.54) is 12.1 Å². The van der Waals surface area contributed by atoms with Crippen LogP contribution in [0.1, 0.15) is 37.8 Å². The number of carbonyl (C=O) groups is 1. The zero-order valence-corrected chi connectivity index (χ0v) is 13.7. The van der Waals surface area contributed by atoms with E-state index in [9.17, 15) is 13.2 Å². The number of anilines is 1. The van der Waals surface area contributed by atoms with E-state index in [-0.39, 0.29) is 17.2 Å². The van der Waals surface area contributed by atoms with E-state index >= 15 is 0 Å². The minimum Gasteiger partial charge on any atom is -0.326 e. The molecule has 0 atom stereocenters. The minimum atomic E-state index is -3.81. The normalized spacial score (nSPS) is 12.3. The predicted octanol–water partition coefficient (Wildman–Crippen LogP) is 1.41. The Kier molecular flexibility index (Phi) is 5.14. The Balaban J connectivity index is 2.98. The van der Waals surface area contributed by atoms with Crippen LogP contribution < -0.4 is 16.2 Å². The highest BCUT2D eigenvalue weighted by atomic mass is 32.2. The van der Waals surface area contributed by atoms with Crippen LogP contribution in [0.4, 0.5) is 5.69 Å². The van der Waals surface area contributed by atoms with Gasteiger partial charge in [-0.1, -0.05) is 0 Å². The molecule has 6 nitrogen and oxygen atoms in total. The molecule has 0 saturated carbocycles. The highest BCUT2D eigenvalue weighted by Crippen LogP contribution is 2.24. The molecule has 0 aromatic heterocycles. The fraction of sp³-hybridized carbons (Fsp3) is 0.500. The fourth-order valence-corrected chi connectivity index (χ4v) is 2.39. The third-order valence-corrected chi connectivity index (χ3v) is 4.13. The molecule has 1 aromatic carbocycles. The Hall–Kier alpha value is -1.44. The number of aryl methyl sites for hydroxylation is 1. The molecule has 118 valence electrons. The third kappa shape index (κ3) is 5.45. The van der Waals surface area contributed by atoms with Gasteiger partial charge in [0.15, 0.2) is 0 Å². The lowest BCUT2D eigenvalue weighted by Crippen LogP contribution is -2.33. The van der Waals surface area contributed by atoms with Crippen molar-refractivity contribution >= 4 is 21.6 Å². The lowest BCUT2D eigenvalue weighted by molar-refractivity contribution is -0.116. The van der Waals surface area contributed by atoms with E-state index in [1.807, 2.05) is 20.8 Å². The molecule has 0 radical (unpaired) electrons. The van der Waals surface area contributed by atoms with Gasteiger partial charge in [-0.15, -0.1) is 0 Å². The van der Waals surface area contributed by atoms with Crippen molar-refractivity contribution in [2.75, 3.05) is 5.32 Å². The van der Waals surface area contributed by atoms with Gasteiger partial charge >= 0.3 is 0 Å². The number of rotatable bonds is 5. The molecule has 0 unspecified atom stereocenters. The number of carbonyl (C=O) groups excluding carboxylic acids is 1. The van der Waals surface area contributed by atoms with Crippen molar-refractivity contribution in [3.8, 4) is 0 Å². The molecule has 1 rings (SSSR count). The first kappa shape index (κ1) is 17.6. The summed E-state index contributed by atoms with van der Waals surface area (Å²) in [6, 6.07) is 2.87. The topological polar surface area (TPSA) is 115 Å². The molecule has 0 fully saturated rings. The van der Waals surface area contributed by atoms with Crippen molar-refractivity contribution in [1.29, 1.82) is 0 Å². The van der Waals surface area contributed by atoms with E-state index in [2.05, 4.69) is 5.32 Å². The average molecular weight is 313 g/mol. The van der Waals surface area contributed by atoms with Crippen LogP contribution in [0.25, 0.3) is 0 Å². The van der Waals surface area contributed by atoms with Crippen LogP contribution in [0.15, 0.2) is 17.0 Å². The van der Waals surface area contributed by atoms with E-state index < -0.39 is 15.6 Å². The Morgan fingerprint density at radius 2 is 1.86 bits per heavy atom. The SMILES string of the molecule is Cc1cc(S(N)(=O)=O)cc(NC(=O)CCC(C)(C)N)c1C. The van der Waals surface area contributed by atoms with Gasteiger partial charge < -0.3 is 11.1 Å². The first-order valence-corrected chi connectivity index (χ1v) is 8.17. The highest BCUT2D eigenvalue weighted by Gasteiger charge is 2.16. The van der Waals surface area contributed by atoms with Gasteiger partial charge in [0.05, 0.1) is 4.90 Å².